The lowest BCUT2D eigenvalue weighted by Gasteiger charge is -1.93. The Morgan fingerprint density at radius 3 is 3.00 bits per heavy atom. The van der Waals surface area contributed by atoms with Crippen molar-refractivity contribution in [3.63, 3.8) is 0 Å². The highest BCUT2D eigenvalue weighted by Crippen LogP contribution is 1.94. The van der Waals surface area contributed by atoms with Crippen LogP contribution in [0.1, 0.15) is 0 Å². The molecule has 2 heteroatoms. The highest BCUT2D eigenvalue weighted by atomic mass is 16.1. The summed E-state index contributed by atoms with van der Waals surface area (Å²) in [7, 11) is 0. The van der Waals surface area contributed by atoms with Crippen molar-refractivity contribution in [2.24, 2.45) is 11.7 Å². The number of allylic oxidation sites excluding steroid dienone is 1. The lowest BCUT2D eigenvalue weighted by Crippen LogP contribution is -2.19. The number of hydrogen-bond donors (Lipinski definition) is 1. The van der Waals surface area contributed by atoms with E-state index in [4.69, 9.17) is 5.73 Å². The molecule has 0 aromatic carbocycles. The van der Waals surface area contributed by atoms with Gasteiger partial charge in [0.2, 0.25) is 5.91 Å². The highest BCUT2D eigenvalue weighted by Gasteiger charge is 2.06. The molecule has 2 N–H and O–H groups in total. The Balaban J connectivity index is 2.93. The van der Waals surface area contributed by atoms with Crippen molar-refractivity contribution in [2.45, 2.75) is 0 Å². The van der Waals surface area contributed by atoms with Gasteiger partial charge in [-0.15, -0.1) is 0 Å². The van der Waals surface area contributed by atoms with E-state index >= 15 is 0 Å². The van der Waals surface area contributed by atoms with Crippen molar-refractivity contribution in [1.82, 2.24) is 0 Å². The fourth-order valence-electron chi connectivity index (χ4n) is 0.536. The molecule has 0 aliphatic heterocycles. The average molecular weight is 131 g/mol. The number of primary amides is 1. The highest BCUT2D eigenvalue weighted by molar-refractivity contribution is 5.81. The molecule has 0 radical (unpaired) electrons. The van der Waals surface area contributed by atoms with Gasteiger partial charge < -0.3 is 5.73 Å². The molecule has 0 heterocycles. The molecule has 1 unspecified atom stereocenters. The van der Waals surface area contributed by atoms with E-state index in [0.29, 0.717) is 0 Å². The Hall–Kier alpha value is -1.67. The van der Waals surface area contributed by atoms with Gasteiger partial charge in [-0.2, -0.15) is 0 Å². The van der Waals surface area contributed by atoms with Crippen molar-refractivity contribution in [1.29, 1.82) is 0 Å². The van der Waals surface area contributed by atoms with Gasteiger partial charge in [0, 0.05) is 6.08 Å². The molecule has 0 saturated carbocycles. The summed E-state index contributed by atoms with van der Waals surface area (Å²) in [6.07, 6.45) is 3.00. The van der Waals surface area contributed by atoms with Crippen molar-refractivity contribution >= 4 is 5.91 Å². The minimum Gasteiger partial charge on any atom is -0.368 e. The smallest absolute Gasteiger partial charge is 0.237 e. The maximum atomic E-state index is 10.5. The van der Waals surface area contributed by atoms with Crippen LogP contribution in [-0.4, -0.2) is 5.91 Å². The average Bonchev–Trinajstić information content (AvgIpc) is 2.12. The van der Waals surface area contributed by atoms with Crippen molar-refractivity contribution < 1.29 is 4.79 Å². The molecule has 10 heavy (non-hydrogen) atoms. The zero-order valence-electron chi connectivity index (χ0n) is 5.22. The van der Waals surface area contributed by atoms with Crippen LogP contribution >= 0.6 is 0 Å². The largest absolute Gasteiger partial charge is 0.368 e. The van der Waals surface area contributed by atoms with Crippen molar-refractivity contribution in [2.75, 3.05) is 0 Å². The summed E-state index contributed by atoms with van der Waals surface area (Å²) in [5, 5.41) is 0. The van der Waals surface area contributed by atoms with E-state index in [0.717, 1.165) is 0 Å². The van der Waals surface area contributed by atoms with Crippen LogP contribution in [0.2, 0.25) is 0 Å². The SMILES string of the molecule is NC(=O)C1C#CC=C=C=C1. The third kappa shape index (κ3) is 1.40. The summed E-state index contributed by atoms with van der Waals surface area (Å²) < 4.78 is 0. The Kier molecular flexibility index (Phi) is 1.78. The molecule has 1 aliphatic rings. The summed E-state index contributed by atoms with van der Waals surface area (Å²) in [5.41, 5.74) is 10.2. The van der Waals surface area contributed by atoms with Gasteiger partial charge >= 0.3 is 0 Å². The van der Waals surface area contributed by atoms with E-state index in [9.17, 15) is 4.79 Å². The predicted octanol–water partition coefficient (Wildman–Crippen LogP) is -0.0287. The second-order valence-electron chi connectivity index (χ2n) is 1.77. The van der Waals surface area contributed by atoms with Gasteiger partial charge in [-0.3, -0.25) is 4.79 Å². The van der Waals surface area contributed by atoms with Crippen molar-refractivity contribution in [3.8, 4) is 11.8 Å². The summed E-state index contributed by atoms with van der Waals surface area (Å²) in [6.45, 7) is 0. The van der Waals surface area contributed by atoms with Crippen LogP contribution in [0.25, 0.3) is 0 Å². The van der Waals surface area contributed by atoms with E-state index in [-0.39, 0.29) is 0 Å². The van der Waals surface area contributed by atoms with Gasteiger partial charge in [0.1, 0.15) is 5.92 Å². The second kappa shape index (κ2) is 2.75. The molecule has 0 aromatic heterocycles. The van der Waals surface area contributed by atoms with E-state index in [1.54, 1.807) is 0 Å². The standard InChI is InChI=1S/C8H5NO/c9-8(10)7-5-3-1-2-4-6-7/h1,6-7H,(H2,9,10). The zero-order chi connectivity index (χ0) is 7.40. The number of nitrogens with two attached hydrogens (primary N) is 1. The van der Waals surface area contributed by atoms with E-state index in [1.807, 2.05) is 0 Å². The van der Waals surface area contributed by atoms with Crippen LogP contribution in [0.3, 0.4) is 0 Å². The molecule has 0 aromatic rings. The first kappa shape index (κ1) is 6.45. The molecular weight excluding hydrogens is 126 g/mol. The van der Waals surface area contributed by atoms with Gasteiger partial charge in [-0.25, -0.2) is 0 Å². The maximum absolute atomic E-state index is 10.5. The van der Waals surface area contributed by atoms with Crippen LogP contribution in [0.4, 0.5) is 0 Å². The molecule has 0 bridgehead atoms. The quantitative estimate of drug-likeness (QED) is 0.394. The van der Waals surface area contributed by atoms with Crippen LogP contribution in [-0.2, 0) is 4.79 Å². The summed E-state index contributed by atoms with van der Waals surface area (Å²) in [6, 6.07) is 0. The Bertz CT molecular complexity index is 304. The summed E-state index contributed by atoms with van der Waals surface area (Å²) >= 11 is 0. The summed E-state index contributed by atoms with van der Waals surface area (Å²) in [5.74, 6) is 4.26. The van der Waals surface area contributed by atoms with Gasteiger partial charge in [-0.1, -0.05) is 23.3 Å². The molecule has 48 valence electrons. The minimum atomic E-state index is -0.508. The molecule has 1 amide bonds. The number of amides is 1. The van der Waals surface area contributed by atoms with Crippen LogP contribution in [0.15, 0.2) is 23.6 Å². The van der Waals surface area contributed by atoms with Crippen LogP contribution < -0.4 is 5.73 Å². The number of hydrogen-bond acceptors (Lipinski definition) is 1. The first-order valence-corrected chi connectivity index (χ1v) is 2.77. The predicted molar refractivity (Wildman–Crippen MR) is 36.6 cm³/mol. The second-order valence-corrected chi connectivity index (χ2v) is 1.77. The molecule has 2 nitrogen and oxygen atoms in total. The number of carbonyl (C=O) groups excluding carboxylic acids is 1. The van der Waals surface area contributed by atoms with Gasteiger partial charge in [-0.05, 0) is 6.08 Å². The molecule has 0 saturated heterocycles. The monoisotopic (exact) mass is 131 g/mol. The third-order valence-electron chi connectivity index (χ3n) is 1.02. The molecule has 0 spiro atoms. The molecule has 1 rings (SSSR count). The fourth-order valence-corrected chi connectivity index (χ4v) is 0.536. The van der Waals surface area contributed by atoms with Crippen LogP contribution in [0, 0.1) is 17.8 Å². The number of rotatable bonds is 1. The molecular formula is C8H5NO. The minimum absolute atomic E-state index is 0.447. The topological polar surface area (TPSA) is 43.1 Å². The van der Waals surface area contributed by atoms with E-state index in [2.05, 4.69) is 23.3 Å². The molecule has 0 fully saturated rings. The van der Waals surface area contributed by atoms with Gasteiger partial charge in [0.05, 0.1) is 0 Å². The third-order valence-corrected chi connectivity index (χ3v) is 1.02. The van der Waals surface area contributed by atoms with Crippen LogP contribution in [0.5, 0.6) is 0 Å². The number of carbonyl (C=O) groups is 1. The Labute approximate surface area is 58.7 Å². The summed E-state index contributed by atoms with van der Waals surface area (Å²) in [4.78, 5) is 10.5. The maximum Gasteiger partial charge on any atom is 0.237 e. The first-order valence-electron chi connectivity index (χ1n) is 2.77. The van der Waals surface area contributed by atoms with Gasteiger partial charge in [0.25, 0.3) is 0 Å². The lowest BCUT2D eigenvalue weighted by atomic mass is 10.1. The Morgan fingerprint density at radius 1 is 1.50 bits per heavy atom. The van der Waals surface area contributed by atoms with Crippen molar-refractivity contribution in [3.05, 3.63) is 23.6 Å². The normalized spacial score (nSPS) is 19.4. The van der Waals surface area contributed by atoms with E-state index < -0.39 is 11.8 Å². The molecule has 1 aliphatic carbocycles. The fraction of sp³-hybridized carbons (Fsp3) is 0.125. The molecule has 1 atom stereocenters. The Morgan fingerprint density at radius 2 is 2.30 bits per heavy atom. The van der Waals surface area contributed by atoms with E-state index in [1.165, 1.54) is 12.2 Å². The zero-order valence-corrected chi connectivity index (χ0v) is 5.22. The first-order chi connectivity index (χ1) is 4.80. The lowest BCUT2D eigenvalue weighted by molar-refractivity contribution is -0.119. The van der Waals surface area contributed by atoms with Gasteiger partial charge in [0.15, 0.2) is 0 Å².